The van der Waals surface area contributed by atoms with E-state index in [1.54, 1.807) is 43.3 Å². The van der Waals surface area contributed by atoms with Crippen LogP contribution in [0.4, 0.5) is 5.69 Å². The summed E-state index contributed by atoms with van der Waals surface area (Å²) in [5, 5.41) is 9.46. The SMILES string of the molecule is Cc1ccc(N)cc1S(=O)(=O)N[C@H](CO)c1ccccc1. The van der Waals surface area contributed by atoms with E-state index < -0.39 is 16.1 Å². The van der Waals surface area contributed by atoms with Crippen molar-refractivity contribution in [1.82, 2.24) is 4.72 Å². The van der Waals surface area contributed by atoms with Gasteiger partial charge in [0.15, 0.2) is 0 Å². The van der Waals surface area contributed by atoms with Crippen LogP contribution in [0, 0.1) is 6.92 Å². The van der Waals surface area contributed by atoms with E-state index >= 15 is 0 Å². The first-order valence-corrected chi connectivity index (χ1v) is 7.96. The largest absolute Gasteiger partial charge is 0.399 e. The molecule has 0 unspecified atom stereocenters. The molecule has 0 radical (unpaired) electrons. The molecule has 2 aromatic rings. The number of nitrogen functional groups attached to an aromatic ring is 1. The summed E-state index contributed by atoms with van der Waals surface area (Å²) in [6.45, 7) is 1.37. The molecule has 0 spiro atoms. The average molecular weight is 306 g/mol. The van der Waals surface area contributed by atoms with Gasteiger partial charge in [-0.25, -0.2) is 13.1 Å². The number of hydrogen-bond acceptors (Lipinski definition) is 4. The van der Waals surface area contributed by atoms with Gasteiger partial charge in [-0.2, -0.15) is 0 Å². The maximum atomic E-state index is 12.5. The van der Waals surface area contributed by atoms with Crippen molar-refractivity contribution in [2.24, 2.45) is 0 Å². The van der Waals surface area contributed by atoms with Gasteiger partial charge in [0.05, 0.1) is 17.5 Å². The number of sulfonamides is 1. The van der Waals surface area contributed by atoms with Crippen LogP contribution in [0.15, 0.2) is 53.4 Å². The Bertz CT molecular complexity index is 715. The van der Waals surface area contributed by atoms with Crippen LogP contribution in [-0.2, 0) is 10.0 Å². The number of nitrogens with two attached hydrogens (primary N) is 1. The normalized spacial score (nSPS) is 13.0. The van der Waals surface area contributed by atoms with Crippen molar-refractivity contribution in [2.75, 3.05) is 12.3 Å². The third-order valence-corrected chi connectivity index (χ3v) is 4.80. The smallest absolute Gasteiger partial charge is 0.241 e. The summed E-state index contributed by atoms with van der Waals surface area (Å²) in [6.07, 6.45) is 0. The van der Waals surface area contributed by atoms with Crippen LogP contribution in [-0.4, -0.2) is 20.1 Å². The van der Waals surface area contributed by atoms with Crippen LogP contribution < -0.4 is 10.5 Å². The molecule has 0 amide bonds. The minimum Gasteiger partial charge on any atom is -0.399 e. The number of aryl methyl sites for hydroxylation is 1. The molecule has 0 heterocycles. The molecule has 4 N–H and O–H groups in total. The fourth-order valence-corrected chi connectivity index (χ4v) is 3.55. The van der Waals surface area contributed by atoms with Gasteiger partial charge in [0, 0.05) is 5.69 Å². The summed E-state index contributed by atoms with van der Waals surface area (Å²) in [7, 11) is -3.76. The zero-order valence-corrected chi connectivity index (χ0v) is 12.5. The molecule has 0 aliphatic rings. The summed E-state index contributed by atoms with van der Waals surface area (Å²) < 4.78 is 27.5. The molecule has 5 nitrogen and oxygen atoms in total. The van der Waals surface area contributed by atoms with Gasteiger partial charge in [0.2, 0.25) is 10.0 Å². The maximum Gasteiger partial charge on any atom is 0.241 e. The van der Waals surface area contributed by atoms with Gasteiger partial charge in [0.1, 0.15) is 0 Å². The molecule has 0 saturated heterocycles. The van der Waals surface area contributed by atoms with E-state index in [2.05, 4.69) is 4.72 Å². The molecule has 2 rings (SSSR count). The highest BCUT2D eigenvalue weighted by atomic mass is 32.2. The maximum absolute atomic E-state index is 12.5. The third kappa shape index (κ3) is 3.60. The first kappa shape index (κ1) is 15.5. The van der Waals surface area contributed by atoms with Crippen molar-refractivity contribution in [2.45, 2.75) is 17.9 Å². The molecule has 0 aliphatic heterocycles. The lowest BCUT2D eigenvalue weighted by Crippen LogP contribution is -2.31. The second-order valence-corrected chi connectivity index (χ2v) is 6.47. The molecule has 112 valence electrons. The number of aliphatic hydroxyl groups is 1. The van der Waals surface area contributed by atoms with Crippen molar-refractivity contribution in [3.63, 3.8) is 0 Å². The number of anilines is 1. The number of rotatable bonds is 5. The zero-order chi connectivity index (χ0) is 15.5. The predicted octanol–water partition coefficient (Wildman–Crippen LogP) is 1.59. The molecule has 0 fully saturated rings. The third-order valence-electron chi connectivity index (χ3n) is 3.18. The number of benzene rings is 2. The molecular formula is C15H18N2O3S. The van der Waals surface area contributed by atoms with E-state index in [1.807, 2.05) is 6.07 Å². The molecular weight excluding hydrogens is 288 g/mol. The summed E-state index contributed by atoms with van der Waals surface area (Å²) in [5.41, 5.74) is 7.33. The van der Waals surface area contributed by atoms with Gasteiger partial charge in [0.25, 0.3) is 0 Å². The quantitative estimate of drug-likeness (QED) is 0.731. The van der Waals surface area contributed by atoms with E-state index in [-0.39, 0.29) is 11.5 Å². The van der Waals surface area contributed by atoms with Crippen LogP contribution in [0.1, 0.15) is 17.2 Å². The molecule has 6 heteroatoms. The molecule has 0 saturated carbocycles. The number of aliphatic hydroxyl groups excluding tert-OH is 1. The Morgan fingerprint density at radius 3 is 2.48 bits per heavy atom. The Balaban J connectivity index is 2.34. The monoisotopic (exact) mass is 306 g/mol. The second kappa shape index (κ2) is 6.26. The molecule has 21 heavy (non-hydrogen) atoms. The number of nitrogens with one attached hydrogen (secondary N) is 1. The van der Waals surface area contributed by atoms with Gasteiger partial charge in [-0.1, -0.05) is 36.4 Å². The highest BCUT2D eigenvalue weighted by molar-refractivity contribution is 7.89. The van der Waals surface area contributed by atoms with E-state index in [4.69, 9.17) is 5.73 Å². The van der Waals surface area contributed by atoms with Crippen molar-refractivity contribution in [3.8, 4) is 0 Å². The van der Waals surface area contributed by atoms with E-state index in [0.29, 0.717) is 16.8 Å². The minimum atomic E-state index is -3.76. The standard InChI is InChI=1S/C15H18N2O3S/c1-11-7-8-13(16)9-15(11)21(19,20)17-14(10-18)12-5-3-2-4-6-12/h2-9,14,17-18H,10,16H2,1H3/t14-/m1/s1. The first-order chi connectivity index (χ1) is 9.94. The lowest BCUT2D eigenvalue weighted by Gasteiger charge is -2.18. The van der Waals surface area contributed by atoms with Gasteiger partial charge in [-0.3, -0.25) is 0 Å². The van der Waals surface area contributed by atoms with Crippen LogP contribution in [0.5, 0.6) is 0 Å². The van der Waals surface area contributed by atoms with Crippen molar-refractivity contribution in [1.29, 1.82) is 0 Å². The molecule has 2 aromatic carbocycles. The van der Waals surface area contributed by atoms with Crippen LogP contribution in [0.3, 0.4) is 0 Å². The number of hydrogen-bond donors (Lipinski definition) is 3. The van der Waals surface area contributed by atoms with Gasteiger partial charge >= 0.3 is 0 Å². The zero-order valence-electron chi connectivity index (χ0n) is 11.7. The fourth-order valence-electron chi connectivity index (χ4n) is 2.05. The van der Waals surface area contributed by atoms with Crippen LogP contribution >= 0.6 is 0 Å². The first-order valence-electron chi connectivity index (χ1n) is 6.48. The molecule has 0 bridgehead atoms. The van der Waals surface area contributed by atoms with Gasteiger partial charge in [-0.15, -0.1) is 0 Å². The summed E-state index contributed by atoms with van der Waals surface area (Å²) in [5.74, 6) is 0. The Labute approximate surface area is 124 Å². The van der Waals surface area contributed by atoms with Crippen molar-refractivity contribution >= 4 is 15.7 Å². The molecule has 0 aliphatic carbocycles. The Morgan fingerprint density at radius 1 is 1.19 bits per heavy atom. The molecule has 0 aromatic heterocycles. The minimum absolute atomic E-state index is 0.122. The summed E-state index contributed by atoms with van der Waals surface area (Å²) in [4.78, 5) is 0.122. The molecule has 1 atom stereocenters. The second-order valence-electron chi connectivity index (χ2n) is 4.79. The van der Waals surface area contributed by atoms with Crippen molar-refractivity contribution < 1.29 is 13.5 Å². The van der Waals surface area contributed by atoms with Crippen LogP contribution in [0.2, 0.25) is 0 Å². The Hall–Kier alpha value is -1.89. The van der Waals surface area contributed by atoms with Gasteiger partial charge < -0.3 is 10.8 Å². The van der Waals surface area contributed by atoms with Gasteiger partial charge in [-0.05, 0) is 30.2 Å². The van der Waals surface area contributed by atoms with E-state index in [0.717, 1.165) is 0 Å². The lowest BCUT2D eigenvalue weighted by atomic mass is 10.1. The summed E-state index contributed by atoms with van der Waals surface area (Å²) in [6, 6.07) is 12.9. The van der Waals surface area contributed by atoms with Crippen LogP contribution in [0.25, 0.3) is 0 Å². The Kier molecular flexibility index (Phi) is 4.62. The summed E-state index contributed by atoms with van der Waals surface area (Å²) >= 11 is 0. The highest BCUT2D eigenvalue weighted by Crippen LogP contribution is 2.21. The van der Waals surface area contributed by atoms with E-state index in [9.17, 15) is 13.5 Å². The highest BCUT2D eigenvalue weighted by Gasteiger charge is 2.22. The fraction of sp³-hybridized carbons (Fsp3) is 0.200. The van der Waals surface area contributed by atoms with E-state index in [1.165, 1.54) is 6.07 Å². The lowest BCUT2D eigenvalue weighted by molar-refractivity contribution is 0.259. The average Bonchev–Trinajstić information content (AvgIpc) is 2.48. The Morgan fingerprint density at radius 2 is 1.86 bits per heavy atom. The van der Waals surface area contributed by atoms with Crippen molar-refractivity contribution in [3.05, 3.63) is 59.7 Å². The topological polar surface area (TPSA) is 92.4 Å². The predicted molar refractivity (Wildman–Crippen MR) is 82.2 cm³/mol.